The van der Waals surface area contributed by atoms with Crippen LogP contribution in [0.1, 0.15) is 58.8 Å². The molecule has 1 saturated heterocycles. The summed E-state index contributed by atoms with van der Waals surface area (Å²) in [6.45, 7) is 4.84. The smallest absolute Gasteiger partial charge is 0.298 e. The lowest BCUT2D eigenvalue weighted by atomic mass is 10.0. The summed E-state index contributed by atoms with van der Waals surface area (Å²) in [5.74, 6) is 0.374. The van der Waals surface area contributed by atoms with E-state index in [0.717, 1.165) is 37.8 Å². The molecule has 1 amide bonds. The van der Waals surface area contributed by atoms with Gasteiger partial charge in [0.25, 0.3) is 11.5 Å². The van der Waals surface area contributed by atoms with Crippen LogP contribution >= 0.6 is 0 Å². The van der Waals surface area contributed by atoms with Gasteiger partial charge in [0, 0.05) is 30.5 Å². The largest absolute Gasteiger partial charge is 0.349 e. The van der Waals surface area contributed by atoms with E-state index < -0.39 is 0 Å². The van der Waals surface area contributed by atoms with Crippen molar-refractivity contribution in [2.45, 2.75) is 51.6 Å². The first-order valence-electron chi connectivity index (χ1n) is 11.3. The Morgan fingerprint density at radius 3 is 2.72 bits per heavy atom. The molecule has 5 rings (SSSR count). The van der Waals surface area contributed by atoms with Crippen LogP contribution in [0.5, 0.6) is 0 Å². The highest BCUT2D eigenvalue weighted by molar-refractivity contribution is 5.95. The molecule has 2 aliphatic rings. The van der Waals surface area contributed by atoms with Gasteiger partial charge in [0.05, 0.1) is 11.7 Å². The fraction of sp³-hybridized carbons (Fsp3) is 0.346. The lowest BCUT2D eigenvalue weighted by Gasteiger charge is -2.26. The first kappa shape index (κ1) is 20.5. The van der Waals surface area contributed by atoms with Crippen molar-refractivity contribution < 1.29 is 4.79 Å². The molecule has 3 aromatic rings. The van der Waals surface area contributed by atoms with Gasteiger partial charge in [0.15, 0.2) is 5.82 Å². The lowest BCUT2D eigenvalue weighted by molar-refractivity contribution is 0.0951. The molecule has 1 saturated carbocycles. The van der Waals surface area contributed by atoms with Crippen molar-refractivity contribution in [3.8, 4) is 5.69 Å². The quantitative estimate of drug-likeness (QED) is 0.665. The maximum Gasteiger partial charge on any atom is 0.298 e. The van der Waals surface area contributed by atoms with Crippen LogP contribution in [0.15, 0.2) is 59.7 Å². The predicted molar refractivity (Wildman–Crippen MR) is 126 cm³/mol. The van der Waals surface area contributed by atoms with Crippen molar-refractivity contribution in [2.75, 3.05) is 11.4 Å². The molecule has 0 radical (unpaired) electrons. The fourth-order valence-electron chi connectivity index (χ4n) is 4.54. The van der Waals surface area contributed by atoms with Crippen LogP contribution in [-0.2, 0) is 0 Å². The second kappa shape index (κ2) is 8.26. The number of carbonyl (C=O) groups is 1. The van der Waals surface area contributed by atoms with Gasteiger partial charge in [-0.2, -0.15) is 0 Å². The Morgan fingerprint density at radius 1 is 1.09 bits per heavy atom. The molecule has 0 bridgehead atoms. The highest BCUT2D eigenvalue weighted by Gasteiger charge is 2.30. The summed E-state index contributed by atoms with van der Waals surface area (Å²) >= 11 is 0. The number of rotatable bonds is 5. The number of aryl methyl sites for hydroxylation is 2. The number of hydrogen-bond acceptors (Lipinski definition) is 4. The zero-order valence-corrected chi connectivity index (χ0v) is 18.5. The molecule has 0 spiro atoms. The molecule has 1 aliphatic carbocycles. The molecule has 2 aromatic carbocycles. The van der Waals surface area contributed by atoms with Crippen molar-refractivity contribution in [3.05, 3.63) is 87.5 Å². The number of hydrogen-bond donors (Lipinski definition) is 1. The third kappa shape index (κ3) is 3.93. The molecule has 2 fully saturated rings. The van der Waals surface area contributed by atoms with Gasteiger partial charge in [-0.3, -0.25) is 14.2 Å². The summed E-state index contributed by atoms with van der Waals surface area (Å²) in [5.41, 5.74) is 4.49. The molecular formula is C26H28N4O2. The second-order valence-electron chi connectivity index (χ2n) is 8.94. The van der Waals surface area contributed by atoms with Gasteiger partial charge in [-0.25, -0.2) is 4.98 Å². The van der Waals surface area contributed by atoms with Gasteiger partial charge < -0.3 is 10.2 Å². The fourth-order valence-corrected chi connectivity index (χ4v) is 4.54. The van der Waals surface area contributed by atoms with E-state index in [1.54, 1.807) is 23.0 Å². The Morgan fingerprint density at radius 2 is 1.94 bits per heavy atom. The number of aromatic nitrogens is 2. The van der Waals surface area contributed by atoms with Gasteiger partial charge in [0.2, 0.25) is 0 Å². The molecule has 1 unspecified atom stereocenters. The summed E-state index contributed by atoms with van der Waals surface area (Å²) in [7, 11) is 0. The number of anilines is 1. The average molecular weight is 429 g/mol. The molecule has 2 heterocycles. The van der Waals surface area contributed by atoms with Crippen LogP contribution in [0.25, 0.3) is 5.69 Å². The van der Waals surface area contributed by atoms with Gasteiger partial charge in [-0.1, -0.05) is 35.9 Å². The predicted octanol–water partition coefficient (Wildman–Crippen LogP) is 4.08. The van der Waals surface area contributed by atoms with Crippen molar-refractivity contribution in [1.82, 2.24) is 14.9 Å². The van der Waals surface area contributed by atoms with E-state index in [2.05, 4.69) is 46.4 Å². The van der Waals surface area contributed by atoms with E-state index in [1.807, 2.05) is 19.1 Å². The standard InChI is InChI=1S/C26H28N4O2/c1-17-5-3-6-19(15-17)22-7-4-13-29(22)24-26(32)30(14-12-27-24)23-16-20(9-8-18(23)2)25(31)28-21-10-11-21/h3,5-6,8-9,12,14-16,21-22H,4,7,10-11,13H2,1-2H3,(H,28,31). The van der Waals surface area contributed by atoms with E-state index in [4.69, 9.17) is 0 Å². The van der Waals surface area contributed by atoms with Crippen molar-refractivity contribution in [1.29, 1.82) is 0 Å². The molecule has 6 heteroatoms. The third-order valence-corrected chi connectivity index (χ3v) is 6.42. The minimum Gasteiger partial charge on any atom is -0.349 e. The summed E-state index contributed by atoms with van der Waals surface area (Å²) < 4.78 is 1.62. The van der Waals surface area contributed by atoms with Crippen LogP contribution in [-0.4, -0.2) is 28.0 Å². The molecule has 6 nitrogen and oxygen atoms in total. The number of nitrogens with zero attached hydrogens (tertiary/aromatic N) is 3. The van der Waals surface area contributed by atoms with Gasteiger partial charge >= 0.3 is 0 Å². The molecule has 1 N–H and O–H groups in total. The maximum atomic E-state index is 13.6. The van der Waals surface area contributed by atoms with E-state index in [1.165, 1.54) is 11.1 Å². The normalized spacial score (nSPS) is 18.1. The first-order chi connectivity index (χ1) is 15.5. The average Bonchev–Trinajstić information content (AvgIpc) is 3.46. The Balaban J connectivity index is 1.51. The lowest BCUT2D eigenvalue weighted by Crippen LogP contribution is -2.33. The zero-order chi connectivity index (χ0) is 22.2. The molecule has 32 heavy (non-hydrogen) atoms. The van der Waals surface area contributed by atoms with Crippen molar-refractivity contribution in [2.24, 2.45) is 0 Å². The van der Waals surface area contributed by atoms with Crippen LogP contribution < -0.4 is 15.8 Å². The molecule has 164 valence electrons. The van der Waals surface area contributed by atoms with E-state index in [0.29, 0.717) is 17.1 Å². The van der Waals surface area contributed by atoms with Gasteiger partial charge in [0.1, 0.15) is 0 Å². The molecule has 1 atom stereocenters. The van der Waals surface area contributed by atoms with Crippen molar-refractivity contribution in [3.63, 3.8) is 0 Å². The van der Waals surface area contributed by atoms with Crippen molar-refractivity contribution >= 4 is 11.7 Å². The minimum atomic E-state index is -0.157. The Bertz CT molecular complexity index is 1230. The number of nitrogens with one attached hydrogen (secondary N) is 1. The highest BCUT2D eigenvalue weighted by Crippen LogP contribution is 2.34. The minimum absolute atomic E-state index is 0.0878. The van der Waals surface area contributed by atoms with Gasteiger partial charge in [-0.15, -0.1) is 0 Å². The van der Waals surface area contributed by atoms with Gasteiger partial charge in [-0.05, 0) is 62.8 Å². The second-order valence-corrected chi connectivity index (χ2v) is 8.94. The maximum absolute atomic E-state index is 13.6. The summed E-state index contributed by atoms with van der Waals surface area (Å²) in [6.07, 6.45) is 7.46. The summed E-state index contributed by atoms with van der Waals surface area (Å²) in [4.78, 5) is 32.8. The van der Waals surface area contributed by atoms with E-state index in [9.17, 15) is 9.59 Å². The summed E-state index contributed by atoms with van der Waals surface area (Å²) in [6, 6.07) is 14.4. The highest BCUT2D eigenvalue weighted by atomic mass is 16.2. The third-order valence-electron chi connectivity index (χ3n) is 6.42. The van der Waals surface area contributed by atoms with E-state index in [-0.39, 0.29) is 23.6 Å². The molecular weight excluding hydrogens is 400 g/mol. The zero-order valence-electron chi connectivity index (χ0n) is 18.5. The Labute approximate surface area is 187 Å². The number of benzene rings is 2. The molecule has 1 aromatic heterocycles. The van der Waals surface area contributed by atoms with Crippen LogP contribution in [0, 0.1) is 13.8 Å². The summed E-state index contributed by atoms with van der Waals surface area (Å²) in [5, 5.41) is 3.02. The number of carbonyl (C=O) groups excluding carboxylic acids is 1. The number of amides is 1. The molecule has 1 aliphatic heterocycles. The monoisotopic (exact) mass is 428 g/mol. The van der Waals surface area contributed by atoms with Crippen LogP contribution in [0.3, 0.4) is 0 Å². The van der Waals surface area contributed by atoms with E-state index >= 15 is 0 Å². The Hall–Kier alpha value is -3.41. The SMILES string of the molecule is Cc1cccc(C2CCCN2c2nccn(-c3cc(C(=O)NC4CC4)ccc3C)c2=O)c1. The Kier molecular flexibility index (Phi) is 5.29. The van der Waals surface area contributed by atoms with Crippen LogP contribution in [0.4, 0.5) is 5.82 Å². The van der Waals surface area contributed by atoms with Crippen LogP contribution in [0.2, 0.25) is 0 Å². The first-order valence-corrected chi connectivity index (χ1v) is 11.3. The topological polar surface area (TPSA) is 67.2 Å².